The molecule has 0 radical (unpaired) electrons. The number of hydrogen-bond acceptors (Lipinski definition) is 6. The van der Waals surface area contributed by atoms with Crippen LogP contribution in [0.15, 0.2) is 88.5 Å². The molecule has 2 aromatic heterocycles. The molecule has 0 aliphatic rings. The predicted octanol–water partition coefficient (Wildman–Crippen LogP) is 5.76. The predicted molar refractivity (Wildman–Crippen MR) is 127 cm³/mol. The van der Waals surface area contributed by atoms with Crippen molar-refractivity contribution >= 4 is 28.9 Å². The summed E-state index contributed by atoms with van der Waals surface area (Å²) in [4.78, 5) is 20.2. The third kappa shape index (κ3) is 4.87. The van der Waals surface area contributed by atoms with E-state index in [1.54, 1.807) is 35.4 Å². The number of aromatic nitrogens is 2. The molecular weight excluding hydrogens is 422 g/mol. The molecule has 4 rings (SSSR count). The SMILES string of the molecule is CC(C)c1ccc(N=c2scc(-c3ccc([N+](=O)[O-])cc3)n2N=Cc2cccnc2)cc1. The van der Waals surface area contributed by atoms with Crippen LogP contribution in [0.4, 0.5) is 11.4 Å². The fourth-order valence-corrected chi connectivity index (χ4v) is 3.92. The van der Waals surface area contributed by atoms with Gasteiger partial charge in [0, 0.05) is 41.0 Å². The molecule has 0 saturated heterocycles. The molecule has 7 nitrogen and oxygen atoms in total. The van der Waals surface area contributed by atoms with Crippen molar-refractivity contribution in [1.82, 2.24) is 9.66 Å². The summed E-state index contributed by atoms with van der Waals surface area (Å²) in [6.07, 6.45) is 5.15. The van der Waals surface area contributed by atoms with Gasteiger partial charge in [-0.1, -0.05) is 32.0 Å². The zero-order valence-corrected chi connectivity index (χ0v) is 18.4. The molecule has 0 atom stereocenters. The van der Waals surface area contributed by atoms with E-state index in [-0.39, 0.29) is 5.69 Å². The van der Waals surface area contributed by atoms with E-state index >= 15 is 0 Å². The van der Waals surface area contributed by atoms with E-state index < -0.39 is 4.92 Å². The molecule has 4 aromatic rings. The van der Waals surface area contributed by atoms with E-state index in [9.17, 15) is 10.1 Å². The molecule has 2 heterocycles. The molecule has 8 heteroatoms. The Kier molecular flexibility index (Phi) is 6.32. The molecule has 0 N–H and O–H groups in total. The van der Waals surface area contributed by atoms with Crippen LogP contribution in [-0.4, -0.2) is 20.8 Å². The largest absolute Gasteiger partial charge is 0.269 e. The summed E-state index contributed by atoms with van der Waals surface area (Å²) in [6, 6.07) is 18.3. The lowest BCUT2D eigenvalue weighted by Crippen LogP contribution is -2.11. The molecule has 0 fully saturated rings. The van der Waals surface area contributed by atoms with Crippen molar-refractivity contribution in [1.29, 1.82) is 0 Å². The summed E-state index contributed by atoms with van der Waals surface area (Å²) in [5.41, 5.74) is 4.59. The van der Waals surface area contributed by atoms with E-state index in [4.69, 9.17) is 4.99 Å². The lowest BCUT2D eigenvalue weighted by Gasteiger charge is -2.05. The van der Waals surface area contributed by atoms with Crippen molar-refractivity contribution in [3.63, 3.8) is 0 Å². The van der Waals surface area contributed by atoms with Gasteiger partial charge in [0.05, 0.1) is 22.5 Å². The smallest absolute Gasteiger partial charge is 0.264 e. The normalized spacial score (nSPS) is 12.0. The van der Waals surface area contributed by atoms with Crippen LogP contribution in [0.1, 0.15) is 30.9 Å². The Balaban J connectivity index is 1.79. The number of rotatable bonds is 6. The van der Waals surface area contributed by atoms with E-state index in [0.29, 0.717) is 10.7 Å². The van der Waals surface area contributed by atoms with Gasteiger partial charge < -0.3 is 0 Å². The second-order valence-corrected chi connectivity index (χ2v) is 8.24. The Morgan fingerprint density at radius 1 is 1.09 bits per heavy atom. The first-order chi connectivity index (χ1) is 15.5. The van der Waals surface area contributed by atoms with E-state index in [0.717, 1.165) is 22.5 Å². The lowest BCUT2D eigenvalue weighted by molar-refractivity contribution is -0.384. The molecule has 0 bridgehead atoms. The Bertz CT molecular complexity index is 1310. The minimum absolute atomic E-state index is 0.0459. The number of thiazole rings is 1. The topological polar surface area (TPSA) is 85.7 Å². The summed E-state index contributed by atoms with van der Waals surface area (Å²) >= 11 is 1.46. The van der Waals surface area contributed by atoms with Gasteiger partial charge in [-0.15, -0.1) is 11.3 Å². The van der Waals surface area contributed by atoms with Crippen molar-refractivity contribution < 1.29 is 4.92 Å². The molecule has 0 unspecified atom stereocenters. The van der Waals surface area contributed by atoms with E-state index in [1.807, 2.05) is 29.6 Å². The van der Waals surface area contributed by atoms with Crippen molar-refractivity contribution in [2.24, 2.45) is 10.1 Å². The highest BCUT2D eigenvalue weighted by Gasteiger charge is 2.11. The minimum atomic E-state index is -0.409. The van der Waals surface area contributed by atoms with Crippen molar-refractivity contribution in [2.75, 3.05) is 0 Å². The maximum absolute atomic E-state index is 11.0. The highest BCUT2D eigenvalue weighted by molar-refractivity contribution is 7.07. The van der Waals surface area contributed by atoms with Gasteiger partial charge in [0.15, 0.2) is 0 Å². The maximum atomic E-state index is 11.0. The summed E-state index contributed by atoms with van der Waals surface area (Å²) in [5.74, 6) is 0.452. The molecule has 0 aliphatic carbocycles. The van der Waals surface area contributed by atoms with E-state index in [1.165, 1.54) is 29.0 Å². The van der Waals surface area contributed by atoms with Gasteiger partial charge in [-0.05, 0) is 41.8 Å². The monoisotopic (exact) mass is 443 g/mol. The average molecular weight is 444 g/mol. The lowest BCUT2D eigenvalue weighted by atomic mass is 10.0. The average Bonchev–Trinajstić information content (AvgIpc) is 3.21. The van der Waals surface area contributed by atoms with Gasteiger partial charge >= 0.3 is 0 Å². The number of pyridine rings is 1. The molecule has 0 saturated carbocycles. The van der Waals surface area contributed by atoms with Crippen LogP contribution in [-0.2, 0) is 0 Å². The molecule has 0 amide bonds. The van der Waals surface area contributed by atoms with Crippen LogP contribution in [0, 0.1) is 10.1 Å². The highest BCUT2D eigenvalue weighted by atomic mass is 32.1. The van der Waals surface area contributed by atoms with Crippen molar-refractivity contribution in [3.8, 4) is 11.3 Å². The molecule has 0 spiro atoms. The minimum Gasteiger partial charge on any atom is -0.264 e. The third-order valence-electron chi connectivity index (χ3n) is 4.85. The second-order valence-electron chi connectivity index (χ2n) is 7.41. The number of hydrogen-bond donors (Lipinski definition) is 0. The van der Waals surface area contributed by atoms with Crippen LogP contribution >= 0.6 is 11.3 Å². The zero-order chi connectivity index (χ0) is 22.5. The maximum Gasteiger partial charge on any atom is 0.269 e. The Morgan fingerprint density at radius 2 is 1.84 bits per heavy atom. The number of non-ortho nitro benzene ring substituents is 1. The molecular formula is C24H21N5O2S. The first-order valence-electron chi connectivity index (χ1n) is 10.1. The van der Waals surface area contributed by atoms with Crippen LogP contribution < -0.4 is 4.80 Å². The Morgan fingerprint density at radius 3 is 2.47 bits per heavy atom. The Labute approximate surface area is 189 Å². The van der Waals surface area contributed by atoms with E-state index in [2.05, 4.69) is 36.1 Å². The third-order valence-corrected chi connectivity index (χ3v) is 5.67. The van der Waals surface area contributed by atoms with Gasteiger partial charge in [0.1, 0.15) is 0 Å². The van der Waals surface area contributed by atoms with Crippen molar-refractivity contribution in [2.45, 2.75) is 19.8 Å². The quantitative estimate of drug-likeness (QED) is 0.216. The van der Waals surface area contributed by atoms with Gasteiger partial charge in [-0.3, -0.25) is 15.1 Å². The number of benzene rings is 2. The molecule has 2 aromatic carbocycles. The molecule has 0 aliphatic heterocycles. The molecule has 160 valence electrons. The van der Waals surface area contributed by atoms with Gasteiger partial charge in [-0.25, -0.2) is 9.67 Å². The second kappa shape index (κ2) is 9.49. The fraction of sp³-hybridized carbons (Fsp3) is 0.125. The van der Waals surface area contributed by atoms with Crippen LogP contribution in [0.3, 0.4) is 0 Å². The van der Waals surface area contributed by atoms with Gasteiger partial charge in [-0.2, -0.15) is 5.10 Å². The molecule has 32 heavy (non-hydrogen) atoms. The summed E-state index contributed by atoms with van der Waals surface area (Å²) in [7, 11) is 0. The number of nitro benzene ring substituents is 1. The standard InChI is InChI=1S/C24H21N5O2S/c1-17(2)19-5-9-21(10-6-19)27-24-28(26-15-18-4-3-13-25-14-18)23(16-32-24)20-7-11-22(12-8-20)29(30)31/h3-17H,1-2H3. The first-order valence-corrected chi connectivity index (χ1v) is 10.9. The summed E-state index contributed by atoms with van der Waals surface area (Å²) in [6.45, 7) is 4.31. The van der Waals surface area contributed by atoms with Crippen LogP contribution in [0.5, 0.6) is 0 Å². The van der Waals surface area contributed by atoms with Crippen LogP contribution in [0.2, 0.25) is 0 Å². The first kappa shape index (κ1) is 21.3. The van der Waals surface area contributed by atoms with Gasteiger partial charge in [0.2, 0.25) is 4.80 Å². The van der Waals surface area contributed by atoms with Gasteiger partial charge in [0.25, 0.3) is 5.69 Å². The summed E-state index contributed by atoms with van der Waals surface area (Å²) in [5, 5.41) is 17.6. The number of nitro groups is 1. The van der Waals surface area contributed by atoms with Crippen molar-refractivity contribution in [3.05, 3.63) is 104 Å². The Hall–Kier alpha value is -3.91. The highest BCUT2D eigenvalue weighted by Crippen LogP contribution is 2.24. The number of nitrogens with zero attached hydrogens (tertiary/aromatic N) is 5. The van der Waals surface area contributed by atoms with Crippen LogP contribution in [0.25, 0.3) is 11.3 Å². The zero-order valence-electron chi connectivity index (χ0n) is 17.6. The fourth-order valence-electron chi connectivity index (χ4n) is 3.06. The summed E-state index contributed by atoms with van der Waals surface area (Å²) < 4.78 is 1.75.